The Kier molecular flexibility index (Phi) is 7.13. The fourth-order valence-electron chi connectivity index (χ4n) is 2.49. The van der Waals surface area contributed by atoms with Gasteiger partial charge in [0.25, 0.3) is 0 Å². The van der Waals surface area contributed by atoms with Crippen LogP contribution in [0.4, 0.5) is 0 Å². The predicted molar refractivity (Wildman–Crippen MR) is 92.0 cm³/mol. The van der Waals surface area contributed by atoms with E-state index in [1.165, 1.54) is 38.8 Å². The SMILES string of the molecule is C=C(C)CN=C(N)NCC1CCN(C2CC2)CC1.I. The lowest BCUT2D eigenvalue weighted by Crippen LogP contribution is -2.41. The summed E-state index contributed by atoms with van der Waals surface area (Å²) in [6, 6.07) is 0.918. The van der Waals surface area contributed by atoms with Gasteiger partial charge in [-0.1, -0.05) is 12.2 Å². The van der Waals surface area contributed by atoms with Crippen molar-refractivity contribution in [1.29, 1.82) is 0 Å². The number of nitrogens with zero attached hydrogens (tertiary/aromatic N) is 2. The second-order valence-corrected chi connectivity index (χ2v) is 5.75. The van der Waals surface area contributed by atoms with Gasteiger partial charge in [-0.05, 0) is 51.6 Å². The molecule has 2 rings (SSSR count). The summed E-state index contributed by atoms with van der Waals surface area (Å²) in [5.41, 5.74) is 6.85. The van der Waals surface area contributed by atoms with Gasteiger partial charge < -0.3 is 16.0 Å². The molecule has 0 radical (unpaired) electrons. The number of nitrogens with two attached hydrogens (primary N) is 1. The highest BCUT2D eigenvalue weighted by Crippen LogP contribution is 2.30. The third-order valence-corrected chi connectivity index (χ3v) is 3.80. The Hall–Kier alpha value is -0.300. The van der Waals surface area contributed by atoms with Crippen molar-refractivity contribution < 1.29 is 0 Å². The topological polar surface area (TPSA) is 53.6 Å². The highest BCUT2D eigenvalue weighted by molar-refractivity contribution is 14.0. The molecule has 1 aliphatic carbocycles. The highest BCUT2D eigenvalue weighted by atomic mass is 127. The lowest BCUT2D eigenvalue weighted by atomic mass is 9.97. The van der Waals surface area contributed by atoms with Crippen LogP contribution in [0.15, 0.2) is 17.1 Å². The molecule has 1 heterocycles. The molecule has 0 aromatic carbocycles. The van der Waals surface area contributed by atoms with Crippen LogP contribution in [0.2, 0.25) is 0 Å². The van der Waals surface area contributed by atoms with Gasteiger partial charge in [-0.15, -0.1) is 24.0 Å². The van der Waals surface area contributed by atoms with E-state index in [4.69, 9.17) is 5.73 Å². The van der Waals surface area contributed by atoms with Crippen LogP contribution in [-0.4, -0.2) is 43.1 Å². The minimum Gasteiger partial charge on any atom is -0.370 e. The molecule has 1 saturated carbocycles. The third kappa shape index (κ3) is 6.12. The Bertz CT molecular complexity index is 317. The van der Waals surface area contributed by atoms with E-state index in [0.29, 0.717) is 12.5 Å². The van der Waals surface area contributed by atoms with E-state index in [9.17, 15) is 0 Å². The van der Waals surface area contributed by atoms with Crippen LogP contribution in [0.5, 0.6) is 0 Å². The van der Waals surface area contributed by atoms with Crippen LogP contribution >= 0.6 is 24.0 Å². The maximum absolute atomic E-state index is 5.81. The number of hydrogen-bond acceptors (Lipinski definition) is 2. The Balaban J connectivity index is 0.00000180. The van der Waals surface area contributed by atoms with E-state index in [-0.39, 0.29) is 24.0 Å². The van der Waals surface area contributed by atoms with Crippen molar-refractivity contribution in [2.75, 3.05) is 26.2 Å². The standard InChI is InChI=1S/C14H26N4.HI/c1-11(2)9-16-14(15)17-10-12-5-7-18(8-6-12)13-3-4-13;/h12-13H,1,3-10H2,2H3,(H3,15,16,17);1H. The van der Waals surface area contributed by atoms with Crippen molar-refractivity contribution >= 4 is 29.9 Å². The van der Waals surface area contributed by atoms with Gasteiger partial charge in [0, 0.05) is 12.6 Å². The van der Waals surface area contributed by atoms with Crippen LogP contribution in [0.25, 0.3) is 0 Å². The largest absolute Gasteiger partial charge is 0.370 e. The molecule has 1 aliphatic heterocycles. The number of aliphatic imine (C=N–C) groups is 1. The van der Waals surface area contributed by atoms with E-state index in [1.54, 1.807) is 0 Å². The van der Waals surface area contributed by atoms with E-state index in [1.807, 2.05) is 6.92 Å². The van der Waals surface area contributed by atoms with E-state index in [2.05, 4.69) is 21.8 Å². The number of hydrogen-bond donors (Lipinski definition) is 2. The van der Waals surface area contributed by atoms with Gasteiger partial charge in [-0.2, -0.15) is 0 Å². The first-order valence-electron chi connectivity index (χ1n) is 7.07. The molecule has 1 saturated heterocycles. The molecule has 0 aromatic rings. The van der Waals surface area contributed by atoms with E-state index >= 15 is 0 Å². The molecule has 0 aromatic heterocycles. The molecule has 0 unspecified atom stereocenters. The maximum atomic E-state index is 5.81. The van der Waals surface area contributed by atoms with Gasteiger partial charge in [0.15, 0.2) is 5.96 Å². The van der Waals surface area contributed by atoms with E-state index in [0.717, 1.165) is 24.1 Å². The van der Waals surface area contributed by atoms with Crippen LogP contribution in [0.3, 0.4) is 0 Å². The molecule has 0 amide bonds. The van der Waals surface area contributed by atoms with Gasteiger partial charge in [-0.3, -0.25) is 0 Å². The van der Waals surface area contributed by atoms with Gasteiger partial charge in [0.05, 0.1) is 6.54 Å². The summed E-state index contributed by atoms with van der Waals surface area (Å²) in [5, 5.41) is 3.24. The summed E-state index contributed by atoms with van der Waals surface area (Å²) in [7, 11) is 0. The number of piperidine rings is 1. The molecule has 2 aliphatic rings. The first-order valence-corrected chi connectivity index (χ1v) is 7.07. The lowest BCUT2D eigenvalue weighted by molar-refractivity contribution is 0.177. The van der Waals surface area contributed by atoms with Gasteiger partial charge in [0.2, 0.25) is 0 Å². The molecule has 0 atom stereocenters. The van der Waals surface area contributed by atoms with Crippen LogP contribution in [-0.2, 0) is 0 Å². The second-order valence-electron chi connectivity index (χ2n) is 5.75. The summed E-state index contributed by atoms with van der Waals surface area (Å²) in [6.45, 7) is 9.89. The van der Waals surface area contributed by atoms with Gasteiger partial charge >= 0.3 is 0 Å². The van der Waals surface area contributed by atoms with Crippen molar-refractivity contribution in [2.45, 2.75) is 38.6 Å². The molecule has 110 valence electrons. The monoisotopic (exact) mass is 378 g/mol. The summed E-state index contributed by atoms with van der Waals surface area (Å²) in [4.78, 5) is 6.88. The zero-order chi connectivity index (χ0) is 13.0. The van der Waals surface area contributed by atoms with Crippen molar-refractivity contribution in [1.82, 2.24) is 10.2 Å². The van der Waals surface area contributed by atoms with Crippen molar-refractivity contribution in [3.63, 3.8) is 0 Å². The Morgan fingerprint density at radius 3 is 2.47 bits per heavy atom. The molecular weight excluding hydrogens is 351 g/mol. The molecule has 5 heteroatoms. The summed E-state index contributed by atoms with van der Waals surface area (Å²) < 4.78 is 0. The zero-order valence-corrected chi connectivity index (χ0v) is 14.2. The smallest absolute Gasteiger partial charge is 0.188 e. The summed E-state index contributed by atoms with van der Waals surface area (Å²) >= 11 is 0. The fourth-order valence-corrected chi connectivity index (χ4v) is 2.49. The fraction of sp³-hybridized carbons (Fsp3) is 0.786. The quantitative estimate of drug-likeness (QED) is 0.333. The molecule has 4 nitrogen and oxygen atoms in total. The minimum atomic E-state index is 0. The molecule has 2 fully saturated rings. The molecule has 0 spiro atoms. The summed E-state index contributed by atoms with van der Waals surface area (Å²) in [5.74, 6) is 1.31. The molecule has 0 bridgehead atoms. The predicted octanol–water partition coefficient (Wildman–Crippen LogP) is 1.96. The maximum Gasteiger partial charge on any atom is 0.188 e. The van der Waals surface area contributed by atoms with Crippen LogP contribution in [0, 0.1) is 5.92 Å². The molecule has 19 heavy (non-hydrogen) atoms. The lowest BCUT2D eigenvalue weighted by Gasteiger charge is -2.32. The Morgan fingerprint density at radius 2 is 1.95 bits per heavy atom. The van der Waals surface area contributed by atoms with E-state index < -0.39 is 0 Å². The normalized spacial score (nSPS) is 21.8. The second kappa shape index (κ2) is 8.09. The van der Waals surface area contributed by atoms with Crippen LogP contribution < -0.4 is 11.1 Å². The minimum absolute atomic E-state index is 0. The van der Waals surface area contributed by atoms with Crippen molar-refractivity contribution in [3.8, 4) is 0 Å². The van der Waals surface area contributed by atoms with Gasteiger partial charge in [-0.25, -0.2) is 4.99 Å². The first-order chi connectivity index (χ1) is 8.65. The third-order valence-electron chi connectivity index (χ3n) is 3.80. The Labute approximate surface area is 133 Å². The number of halogens is 1. The Morgan fingerprint density at radius 1 is 1.32 bits per heavy atom. The van der Waals surface area contributed by atoms with Crippen LogP contribution in [0.1, 0.15) is 32.6 Å². The first kappa shape index (κ1) is 16.8. The zero-order valence-electron chi connectivity index (χ0n) is 11.9. The van der Waals surface area contributed by atoms with Crippen molar-refractivity contribution in [2.24, 2.45) is 16.6 Å². The number of likely N-dealkylation sites (tertiary alicyclic amines) is 1. The van der Waals surface area contributed by atoms with Gasteiger partial charge in [0.1, 0.15) is 0 Å². The molecule has 3 N–H and O–H groups in total. The van der Waals surface area contributed by atoms with Crippen molar-refractivity contribution in [3.05, 3.63) is 12.2 Å². The highest BCUT2D eigenvalue weighted by Gasteiger charge is 2.31. The number of guanidine groups is 1. The number of nitrogens with one attached hydrogen (secondary N) is 1. The summed E-state index contributed by atoms with van der Waals surface area (Å²) in [6.07, 6.45) is 5.42. The molecular formula is C14H27IN4. The average Bonchev–Trinajstić information content (AvgIpc) is 3.18. The average molecular weight is 378 g/mol. The number of rotatable bonds is 5.